The van der Waals surface area contributed by atoms with Crippen LogP contribution in [0.5, 0.6) is 0 Å². The van der Waals surface area contributed by atoms with Crippen molar-refractivity contribution >= 4 is 5.97 Å². The topological polar surface area (TPSA) is 41.6 Å². The minimum Gasteiger partial charge on any atom is -0.468 e. The molecule has 0 radical (unpaired) electrons. The summed E-state index contributed by atoms with van der Waals surface area (Å²) in [7, 11) is 1.53. The fourth-order valence-electron chi connectivity index (χ4n) is 4.39. The number of fused-ring (bicyclic) bond motifs is 1. The third kappa shape index (κ3) is 2.29. The van der Waals surface area contributed by atoms with Crippen molar-refractivity contribution in [3.05, 3.63) is 0 Å². The van der Waals surface area contributed by atoms with E-state index >= 15 is 0 Å². The van der Waals surface area contributed by atoms with E-state index in [2.05, 4.69) is 10.2 Å². The molecule has 4 heteroatoms. The number of piperidine rings is 1. The quantitative estimate of drug-likeness (QED) is 0.789. The maximum atomic E-state index is 12.5. The van der Waals surface area contributed by atoms with Gasteiger partial charge in [-0.15, -0.1) is 0 Å². The molecule has 0 aromatic heterocycles. The number of carbonyl (C=O) groups excluding carboxylic acids is 1. The lowest BCUT2D eigenvalue weighted by Gasteiger charge is -2.40. The van der Waals surface area contributed by atoms with E-state index in [0.717, 1.165) is 25.9 Å². The Kier molecular flexibility index (Phi) is 3.81. The molecule has 0 spiro atoms. The zero-order valence-corrected chi connectivity index (χ0v) is 12.0. The van der Waals surface area contributed by atoms with Crippen LogP contribution in [0.2, 0.25) is 0 Å². The lowest BCUT2D eigenvalue weighted by molar-refractivity contribution is -0.150. The van der Waals surface area contributed by atoms with Gasteiger partial charge in [0.1, 0.15) is 5.54 Å². The zero-order valence-electron chi connectivity index (χ0n) is 12.0. The zero-order chi connectivity index (χ0) is 13.3. The van der Waals surface area contributed by atoms with Gasteiger partial charge >= 0.3 is 5.97 Å². The Balaban J connectivity index is 1.81. The summed E-state index contributed by atoms with van der Waals surface area (Å²) in [6.07, 6.45) is 9.59. The van der Waals surface area contributed by atoms with Crippen molar-refractivity contribution in [3.8, 4) is 0 Å². The van der Waals surface area contributed by atoms with E-state index in [0.29, 0.717) is 12.1 Å². The average Bonchev–Trinajstić information content (AvgIpc) is 3.08. The fraction of sp³-hybridized carbons (Fsp3) is 0.933. The summed E-state index contributed by atoms with van der Waals surface area (Å²) in [5, 5.41) is 3.72. The highest BCUT2D eigenvalue weighted by Gasteiger charge is 2.54. The Hall–Kier alpha value is -0.610. The summed E-state index contributed by atoms with van der Waals surface area (Å²) >= 11 is 0. The molecule has 1 aliphatic carbocycles. The number of hydrogen-bond acceptors (Lipinski definition) is 4. The summed E-state index contributed by atoms with van der Waals surface area (Å²) in [6.45, 7) is 2.19. The van der Waals surface area contributed by atoms with E-state index < -0.39 is 5.54 Å². The van der Waals surface area contributed by atoms with Crippen LogP contribution < -0.4 is 5.32 Å². The Bertz CT molecular complexity index is 341. The molecule has 0 aromatic rings. The van der Waals surface area contributed by atoms with E-state index in [1.165, 1.54) is 45.6 Å². The van der Waals surface area contributed by atoms with Crippen molar-refractivity contribution in [2.75, 3.05) is 20.2 Å². The second-order valence-electron chi connectivity index (χ2n) is 6.39. The summed E-state index contributed by atoms with van der Waals surface area (Å²) < 4.78 is 5.17. The molecular formula is C15H26N2O2. The van der Waals surface area contributed by atoms with Gasteiger partial charge in [-0.25, -0.2) is 4.79 Å². The van der Waals surface area contributed by atoms with Crippen LogP contribution in [0.25, 0.3) is 0 Å². The minimum absolute atomic E-state index is 0.0335. The number of carbonyl (C=O) groups is 1. The molecule has 108 valence electrons. The van der Waals surface area contributed by atoms with Gasteiger partial charge in [-0.05, 0) is 38.6 Å². The molecule has 3 rings (SSSR count). The molecule has 0 bridgehead atoms. The number of nitrogens with one attached hydrogen (secondary N) is 1. The molecule has 2 atom stereocenters. The summed E-state index contributed by atoms with van der Waals surface area (Å²) in [4.78, 5) is 15.0. The Morgan fingerprint density at radius 1 is 1.16 bits per heavy atom. The summed E-state index contributed by atoms with van der Waals surface area (Å²) in [6, 6.07) is 0.871. The van der Waals surface area contributed by atoms with Gasteiger partial charge in [0.15, 0.2) is 0 Å². The number of nitrogens with zero attached hydrogens (tertiary/aromatic N) is 1. The number of hydrogen-bond donors (Lipinski definition) is 1. The molecule has 3 fully saturated rings. The molecule has 4 nitrogen and oxygen atoms in total. The van der Waals surface area contributed by atoms with Gasteiger partial charge in [0.25, 0.3) is 0 Å². The van der Waals surface area contributed by atoms with Gasteiger partial charge in [0.2, 0.25) is 0 Å². The predicted octanol–water partition coefficient (Wildman–Crippen LogP) is 1.69. The van der Waals surface area contributed by atoms with Gasteiger partial charge in [-0.1, -0.05) is 19.3 Å². The van der Waals surface area contributed by atoms with Crippen molar-refractivity contribution in [2.24, 2.45) is 0 Å². The highest BCUT2D eigenvalue weighted by molar-refractivity contribution is 5.82. The van der Waals surface area contributed by atoms with E-state index in [9.17, 15) is 4.79 Å². The molecule has 2 heterocycles. The van der Waals surface area contributed by atoms with E-state index in [-0.39, 0.29) is 5.97 Å². The third-order valence-electron chi connectivity index (χ3n) is 5.34. The Morgan fingerprint density at radius 3 is 2.63 bits per heavy atom. The molecule has 2 saturated heterocycles. The van der Waals surface area contributed by atoms with Crippen molar-refractivity contribution < 1.29 is 9.53 Å². The molecule has 1 N–H and O–H groups in total. The van der Waals surface area contributed by atoms with Crippen LogP contribution >= 0.6 is 0 Å². The molecule has 3 aliphatic rings. The fourth-order valence-corrected chi connectivity index (χ4v) is 4.39. The van der Waals surface area contributed by atoms with Crippen LogP contribution in [0, 0.1) is 0 Å². The average molecular weight is 266 g/mol. The summed E-state index contributed by atoms with van der Waals surface area (Å²) in [5.74, 6) is -0.0335. The maximum absolute atomic E-state index is 12.5. The molecule has 1 saturated carbocycles. The van der Waals surface area contributed by atoms with Crippen LogP contribution in [0.3, 0.4) is 0 Å². The largest absolute Gasteiger partial charge is 0.468 e. The highest BCUT2D eigenvalue weighted by atomic mass is 16.5. The van der Waals surface area contributed by atoms with Crippen molar-refractivity contribution in [2.45, 2.75) is 69.0 Å². The van der Waals surface area contributed by atoms with E-state index in [1.807, 2.05) is 0 Å². The molecule has 19 heavy (non-hydrogen) atoms. The standard InChI is InChI=1S/C15H26N2O2/c1-19-14(18)15(16-12-6-2-3-7-12)9-11-17-10-5-4-8-13(15)17/h12-13,16H,2-11H2,1H3. The van der Waals surface area contributed by atoms with Crippen LogP contribution in [-0.2, 0) is 9.53 Å². The van der Waals surface area contributed by atoms with Gasteiger partial charge in [-0.3, -0.25) is 10.2 Å². The van der Waals surface area contributed by atoms with Gasteiger partial charge in [0.05, 0.1) is 7.11 Å². The number of esters is 1. The van der Waals surface area contributed by atoms with Gasteiger partial charge < -0.3 is 4.74 Å². The predicted molar refractivity (Wildman–Crippen MR) is 74.0 cm³/mol. The molecular weight excluding hydrogens is 240 g/mol. The first-order valence-electron chi connectivity index (χ1n) is 7.86. The van der Waals surface area contributed by atoms with Crippen molar-refractivity contribution in [1.82, 2.24) is 10.2 Å². The lowest BCUT2D eigenvalue weighted by atomic mass is 9.84. The van der Waals surface area contributed by atoms with E-state index in [4.69, 9.17) is 4.74 Å². The number of ether oxygens (including phenoxy) is 1. The van der Waals surface area contributed by atoms with Crippen LogP contribution in [-0.4, -0.2) is 48.7 Å². The Labute approximate surface area is 115 Å². The van der Waals surface area contributed by atoms with Crippen LogP contribution in [0.4, 0.5) is 0 Å². The SMILES string of the molecule is COC(=O)C1(NC2CCCC2)CCN2CCCCC21. The van der Waals surface area contributed by atoms with Crippen molar-refractivity contribution in [3.63, 3.8) is 0 Å². The van der Waals surface area contributed by atoms with Crippen molar-refractivity contribution in [1.29, 1.82) is 0 Å². The second kappa shape index (κ2) is 5.41. The molecule has 2 aliphatic heterocycles. The number of rotatable bonds is 3. The normalized spacial score (nSPS) is 36.4. The smallest absolute Gasteiger partial charge is 0.327 e. The van der Waals surface area contributed by atoms with E-state index in [1.54, 1.807) is 0 Å². The third-order valence-corrected chi connectivity index (χ3v) is 5.34. The highest BCUT2D eigenvalue weighted by Crippen LogP contribution is 2.37. The molecule has 2 unspecified atom stereocenters. The molecule has 0 amide bonds. The van der Waals surface area contributed by atoms with Gasteiger partial charge in [0, 0.05) is 18.6 Å². The molecule has 0 aromatic carbocycles. The van der Waals surface area contributed by atoms with Crippen LogP contribution in [0.15, 0.2) is 0 Å². The first kappa shape index (κ1) is 13.4. The monoisotopic (exact) mass is 266 g/mol. The summed E-state index contributed by atoms with van der Waals surface area (Å²) in [5.41, 5.74) is -0.426. The number of methoxy groups -OCH3 is 1. The minimum atomic E-state index is -0.426. The maximum Gasteiger partial charge on any atom is 0.327 e. The van der Waals surface area contributed by atoms with Crippen LogP contribution in [0.1, 0.15) is 51.4 Å². The second-order valence-corrected chi connectivity index (χ2v) is 6.39. The van der Waals surface area contributed by atoms with Gasteiger partial charge in [-0.2, -0.15) is 0 Å². The lowest BCUT2D eigenvalue weighted by Crippen LogP contribution is -2.63. The first-order chi connectivity index (χ1) is 9.26. The first-order valence-corrected chi connectivity index (χ1v) is 7.86. The Morgan fingerprint density at radius 2 is 1.89 bits per heavy atom.